The molecule has 1 heterocycles. The summed E-state index contributed by atoms with van der Waals surface area (Å²) >= 11 is 0. The Morgan fingerprint density at radius 1 is 0.676 bits per heavy atom. The minimum Gasteiger partial charge on any atom is -0.394 e. The van der Waals surface area contributed by atoms with Crippen LogP contribution in [0.4, 0.5) is 55.6 Å². The molecule has 0 aliphatic rings. The van der Waals surface area contributed by atoms with Gasteiger partial charge in [0, 0.05) is 11.4 Å². The lowest BCUT2D eigenvalue weighted by Crippen LogP contribution is -2.29. The molecular weight excluding hydrogens is 470 g/mol. The second-order valence-corrected chi connectivity index (χ2v) is 6.92. The van der Waals surface area contributed by atoms with Gasteiger partial charge in [0.2, 0.25) is 17.8 Å². The number of anilines is 5. The molecular formula is C20H18F6N6O2. The molecule has 0 fully saturated rings. The lowest BCUT2D eigenvalue weighted by molar-refractivity contribution is -0.138. The van der Waals surface area contributed by atoms with Crippen LogP contribution in [0.5, 0.6) is 0 Å². The number of hydrogen-bond acceptors (Lipinski definition) is 8. The molecule has 0 bridgehead atoms. The van der Waals surface area contributed by atoms with Crippen LogP contribution in [-0.2, 0) is 12.4 Å². The van der Waals surface area contributed by atoms with Crippen LogP contribution in [0.2, 0.25) is 0 Å². The molecule has 34 heavy (non-hydrogen) atoms. The van der Waals surface area contributed by atoms with E-state index in [0.29, 0.717) is 0 Å². The van der Waals surface area contributed by atoms with Crippen molar-refractivity contribution in [3.63, 3.8) is 0 Å². The topological polar surface area (TPSA) is 115 Å². The molecule has 0 unspecified atom stereocenters. The van der Waals surface area contributed by atoms with Gasteiger partial charge in [-0.1, -0.05) is 12.1 Å². The predicted molar refractivity (Wildman–Crippen MR) is 111 cm³/mol. The van der Waals surface area contributed by atoms with Crippen LogP contribution in [0, 0.1) is 0 Å². The molecule has 0 amide bonds. The van der Waals surface area contributed by atoms with Crippen molar-refractivity contribution in [2.24, 2.45) is 0 Å². The highest BCUT2D eigenvalue weighted by Crippen LogP contribution is 2.32. The van der Waals surface area contributed by atoms with E-state index in [2.05, 4.69) is 30.9 Å². The number of hydrogen-bond donors (Lipinski definition) is 5. The Morgan fingerprint density at radius 3 is 1.47 bits per heavy atom. The average molecular weight is 488 g/mol. The first-order valence-electron chi connectivity index (χ1n) is 9.61. The maximum absolute atomic E-state index is 13.0. The molecule has 0 saturated carbocycles. The Morgan fingerprint density at radius 2 is 1.09 bits per heavy atom. The van der Waals surface area contributed by atoms with Gasteiger partial charge in [0.25, 0.3) is 0 Å². The first kappa shape index (κ1) is 25.0. The fraction of sp³-hybridized carbons (Fsp3) is 0.250. The van der Waals surface area contributed by atoms with E-state index in [9.17, 15) is 36.6 Å². The number of alkyl halides is 6. The number of nitrogens with one attached hydrogen (secondary N) is 3. The molecule has 1 aromatic heterocycles. The summed E-state index contributed by atoms with van der Waals surface area (Å²) in [5, 5.41) is 26.3. The van der Waals surface area contributed by atoms with Gasteiger partial charge in [0.1, 0.15) is 0 Å². The first-order chi connectivity index (χ1) is 16.0. The zero-order valence-electron chi connectivity index (χ0n) is 17.1. The van der Waals surface area contributed by atoms with E-state index < -0.39 is 42.7 Å². The predicted octanol–water partition coefficient (Wildman–Crippen LogP) is 4.16. The lowest BCUT2D eigenvalue weighted by Gasteiger charge is -2.16. The summed E-state index contributed by atoms with van der Waals surface area (Å²) in [5.41, 5.74) is -1.88. The van der Waals surface area contributed by atoms with E-state index in [1.807, 2.05) is 0 Å². The third-order valence-corrected chi connectivity index (χ3v) is 4.30. The number of aromatic nitrogens is 3. The molecule has 14 heteroatoms. The van der Waals surface area contributed by atoms with Crippen molar-refractivity contribution < 1.29 is 36.6 Å². The summed E-state index contributed by atoms with van der Waals surface area (Å²) in [4.78, 5) is 12.0. The summed E-state index contributed by atoms with van der Waals surface area (Å²) in [6.07, 6.45) is -9.18. The van der Waals surface area contributed by atoms with Gasteiger partial charge in [-0.3, -0.25) is 0 Å². The number of aliphatic hydroxyl groups excluding tert-OH is 2. The molecule has 2 aromatic carbocycles. The van der Waals surface area contributed by atoms with Crippen LogP contribution in [0.15, 0.2) is 48.5 Å². The van der Waals surface area contributed by atoms with E-state index in [4.69, 9.17) is 0 Å². The molecule has 0 radical (unpaired) electrons. The van der Waals surface area contributed by atoms with Crippen molar-refractivity contribution >= 4 is 29.2 Å². The van der Waals surface area contributed by atoms with Gasteiger partial charge in [0.15, 0.2) is 0 Å². The van der Waals surface area contributed by atoms with Crippen LogP contribution in [0.25, 0.3) is 0 Å². The molecule has 5 N–H and O–H groups in total. The van der Waals surface area contributed by atoms with Crippen molar-refractivity contribution in [1.29, 1.82) is 0 Å². The summed E-state index contributed by atoms with van der Waals surface area (Å²) < 4.78 is 78.0. The van der Waals surface area contributed by atoms with Crippen molar-refractivity contribution in [2.45, 2.75) is 18.4 Å². The van der Waals surface area contributed by atoms with Gasteiger partial charge >= 0.3 is 12.4 Å². The van der Waals surface area contributed by atoms with Crippen molar-refractivity contribution in [3.05, 3.63) is 59.7 Å². The minimum atomic E-state index is -4.59. The van der Waals surface area contributed by atoms with Crippen LogP contribution in [0.3, 0.4) is 0 Å². The van der Waals surface area contributed by atoms with E-state index in [1.54, 1.807) is 0 Å². The Kier molecular flexibility index (Phi) is 7.41. The Hall–Kier alpha value is -3.65. The van der Waals surface area contributed by atoms with Crippen molar-refractivity contribution in [1.82, 2.24) is 15.0 Å². The molecule has 3 rings (SSSR count). The third-order valence-electron chi connectivity index (χ3n) is 4.30. The maximum atomic E-state index is 13.0. The van der Waals surface area contributed by atoms with E-state index in [0.717, 1.165) is 24.3 Å². The molecule has 0 aliphatic heterocycles. The number of aliphatic hydroxyl groups is 2. The van der Waals surface area contributed by atoms with Gasteiger partial charge in [-0.25, -0.2) is 0 Å². The lowest BCUT2D eigenvalue weighted by atomic mass is 10.2. The third kappa shape index (κ3) is 6.68. The van der Waals surface area contributed by atoms with Gasteiger partial charge in [0.05, 0.1) is 30.4 Å². The fourth-order valence-corrected chi connectivity index (χ4v) is 2.69. The molecule has 8 nitrogen and oxygen atoms in total. The largest absolute Gasteiger partial charge is 0.416 e. The zero-order chi connectivity index (χ0) is 24.9. The molecule has 182 valence electrons. The van der Waals surface area contributed by atoms with E-state index in [1.165, 1.54) is 24.3 Å². The van der Waals surface area contributed by atoms with Gasteiger partial charge < -0.3 is 26.2 Å². The molecule has 0 atom stereocenters. The first-order valence-corrected chi connectivity index (χ1v) is 9.61. The molecule has 3 aromatic rings. The second-order valence-electron chi connectivity index (χ2n) is 6.92. The zero-order valence-corrected chi connectivity index (χ0v) is 17.1. The summed E-state index contributed by atoms with van der Waals surface area (Å²) in [7, 11) is 0. The van der Waals surface area contributed by atoms with Crippen LogP contribution < -0.4 is 16.0 Å². The minimum absolute atomic E-state index is 0.0159. The number of nitrogens with zero attached hydrogens (tertiary/aromatic N) is 3. The Balaban J connectivity index is 1.94. The van der Waals surface area contributed by atoms with Gasteiger partial charge in [-0.2, -0.15) is 41.3 Å². The maximum Gasteiger partial charge on any atom is 0.416 e. The highest BCUT2D eigenvalue weighted by molar-refractivity contribution is 5.60. The fourth-order valence-electron chi connectivity index (χ4n) is 2.69. The summed E-state index contributed by atoms with van der Waals surface area (Å²) in [5.74, 6) is -0.700. The second kappa shape index (κ2) is 10.1. The van der Waals surface area contributed by atoms with E-state index >= 15 is 0 Å². The SMILES string of the molecule is OCC(CO)Nc1nc(Nc2cccc(C(F)(F)F)c2)nc(Nc2cccc(C(F)(F)F)c2)n1. The Bertz CT molecular complexity index is 1040. The van der Waals surface area contributed by atoms with Crippen LogP contribution in [0.1, 0.15) is 11.1 Å². The standard InChI is InChI=1S/C20H18F6N6O2/c21-19(22,23)11-3-1-5-13(7-11)27-16-30-17(32-18(31-16)29-15(9-33)10-34)28-14-6-2-4-12(8-14)20(24,25)26/h1-8,15,33-34H,9-10H2,(H3,27,28,29,30,31,32). The highest BCUT2D eigenvalue weighted by Gasteiger charge is 2.31. The quantitative estimate of drug-likeness (QED) is 0.300. The number of halogens is 6. The molecule has 0 spiro atoms. The monoisotopic (exact) mass is 488 g/mol. The van der Waals surface area contributed by atoms with Crippen molar-refractivity contribution in [2.75, 3.05) is 29.2 Å². The van der Waals surface area contributed by atoms with Gasteiger partial charge in [-0.05, 0) is 36.4 Å². The Labute approximate surface area is 188 Å². The van der Waals surface area contributed by atoms with Crippen LogP contribution >= 0.6 is 0 Å². The molecule has 0 aliphatic carbocycles. The number of benzene rings is 2. The smallest absolute Gasteiger partial charge is 0.394 e. The van der Waals surface area contributed by atoms with E-state index in [-0.39, 0.29) is 29.2 Å². The summed E-state index contributed by atoms with van der Waals surface area (Å²) in [6.45, 7) is -1.01. The highest BCUT2D eigenvalue weighted by atomic mass is 19.4. The van der Waals surface area contributed by atoms with Crippen molar-refractivity contribution in [3.8, 4) is 0 Å². The normalized spacial score (nSPS) is 12.0. The van der Waals surface area contributed by atoms with Crippen LogP contribution in [-0.4, -0.2) is 44.4 Å². The molecule has 0 saturated heterocycles. The summed E-state index contributed by atoms with van der Waals surface area (Å²) in [6, 6.07) is 7.50. The van der Waals surface area contributed by atoms with Gasteiger partial charge in [-0.15, -0.1) is 0 Å². The number of rotatable bonds is 8. The average Bonchev–Trinajstić information content (AvgIpc) is 2.76.